The monoisotopic (exact) mass is 271 g/mol. The number of aryl methyl sites for hydroxylation is 1. The molecular weight excluding hydrogens is 254 g/mol. The van der Waals surface area contributed by atoms with Gasteiger partial charge in [0.25, 0.3) is 0 Å². The molecule has 3 rings (SSSR count). The summed E-state index contributed by atoms with van der Waals surface area (Å²) in [6.45, 7) is 4.15. The molecule has 2 aromatic heterocycles. The highest BCUT2D eigenvalue weighted by Gasteiger charge is 2.16. The SMILES string of the molecule is Cc1ccc(Cn2c(C(C)O)nc3cc(N)ccc32)o1. The first kappa shape index (κ1) is 12.7. The van der Waals surface area contributed by atoms with Gasteiger partial charge in [-0.3, -0.25) is 0 Å². The maximum Gasteiger partial charge on any atom is 0.138 e. The predicted molar refractivity (Wildman–Crippen MR) is 77.3 cm³/mol. The second-order valence-corrected chi connectivity index (χ2v) is 4.99. The fourth-order valence-electron chi connectivity index (χ4n) is 2.38. The number of nitrogens with zero attached hydrogens (tertiary/aromatic N) is 2. The van der Waals surface area contributed by atoms with Gasteiger partial charge in [-0.1, -0.05) is 0 Å². The van der Waals surface area contributed by atoms with Crippen LogP contribution in [0.25, 0.3) is 11.0 Å². The Labute approximate surface area is 116 Å². The largest absolute Gasteiger partial charge is 0.464 e. The number of anilines is 1. The van der Waals surface area contributed by atoms with Crippen LogP contribution in [0.4, 0.5) is 5.69 Å². The van der Waals surface area contributed by atoms with Crippen molar-refractivity contribution >= 4 is 16.7 Å². The number of nitrogens with two attached hydrogens (primary N) is 1. The molecule has 2 heterocycles. The molecule has 1 atom stereocenters. The van der Waals surface area contributed by atoms with Crippen LogP contribution < -0.4 is 5.73 Å². The molecule has 5 heteroatoms. The second-order valence-electron chi connectivity index (χ2n) is 4.99. The molecule has 20 heavy (non-hydrogen) atoms. The maximum absolute atomic E-state index is 9.91. The van der Waals surface area contributed by atoms with E-state index in [9.17, 15) is 5.11 Å². The lowest BCUT2D eigenvalue weighted by Gasteiger charge is -2.09. The van der Waals surface area contributed by atoms with Crippen molar-refractivity contribution in [2.75, 3.05) is 5.73 Å². The van der Waals surface area contributed by atoms with Crippen molar-refractivity contribution in [3.8, 4) is 0 Å². The Morgan fingerprint density at radius 1 is 1.35 bits per heavy atom. The quantitative estimate of drug-likeness (QED) is 0.718. The molecule has 0 aliphatic rings. The third-order valence-electron chi connectivity index (χ3n) is 3.29. The van der Waals surface area contributed by atoms with Crippen molar-refractivity contribution in [2.45, 2.75) is 26.5 Å². The molecule has 3 N–H and O–H groups in total. The number of hydrogen-bond acceptors (Lipinski definition) is 4. The van der Waals surface area contributed by atoms with E-state index in [2.05, 4.69) is 4.98 Å². The Morgan fingerprint density at radius 3 is 2.80 bits per heavy atom. The molecule has 5 nitrogen and oxygen atoms in total. The molecule has 1 aromatic carbocycles. The van der Waals surface area contributed by atoms with E-state index in [1.54, 1.807) is 6.92 Å². The van der Waals surface area contributed by atoms with Crippen LogP contribution in [-0.2, 0) is 6.54 Å². The van der Waals surface area contributed by atoms with Crippen LogP contribution in [0.3, 0.4) is 0 Å². The van der Waals surface area contributed by atoms with Gasteiger partial charge >= 0.3 is 0 Å². The highest BCUT2D eigenvalue weighted by atomic mass is 16.3. The minimum atomic E-state index is -0.653. The van der Waals surface area contributed by atoms with E-state index in [1.807, 2.05) is 41.8 Å². The molecule has 0 fully saturated rings. The van der Waals surface area contributed by atoms with E-state index in [1.165, 1.54) is 0 Å². The van der Waals surface area contributed by atoms with Gasteiger partial charge in [0, 0.05) is 5.69 Å². The summed E-state index contributed by atoms with van der Waals surface area (Å²) < 4.78 is 7.57. The average Bonchev–Trinajstić information content (AvgIpc) is 2.94. The molecule has 0 radical (unpaired) electrons. The number of benzene rings is 1. The Kier molecular flexibility index (Phi) is 2.99. The van der Waals surface area contributed by atoms with Crippen molar-refractivity contribution in [3.63, 3.8) is 0 Å². The third-order valence-corrected chi connectivity index (χ3v) is 3.29. The second kappa shape index (κ2) is 4.68. The van der Waals surface area contributed by atoms with Crippen molar-refractivity contribution in [1.29, 1.82) is 0 Å². The van der Waals surface area contributed by atoms with Crippen LogP contribution in [0.5, 0.6) is 0 Å². The minimum absolute atomic E-state index is 0.536. The van der Waals surface area contributed by atoms with Crippen LogP contribution in [0.2, 0.25) is 0 Å². The smallest absolute Gasteiger partial charge is 0.138 e. The van der Waals surface area contributed by atoms with E-state index >= 15 is 0 Å². The third kappa shape index (κ3) is 2.16. The van der Waals surface area contributed by atoms with Crippen LogP contribution in [0, 0.1) is 6.92 Å². The van der Waals surface area contributed by atoms with E-state index in [4.69, 9.17) is 10.2 Å². The predicted octanol–water partition coefficient (Wildman–Crippen LogP) is 2.62. The molecule has 1 unspecified atom stereocenters. The Bertz CT molecular complexity index is 756. The molecule has 0 bridgehead atoms. The normalized spacial score (nSPS) is 12.9. The van der Waals surface area contributed by atoms with Gasteiger partial charge in [0.05, 0.1) is 17.6 Å². The standard InChI is InChI=1S/C15H17N3O2/c1-9-3-5-12(20-9)8-18-14-6-4-11(16)7-13(14)17-15(18)10(2)19/h3-7,10,19H,8,16H2,1-2H3. The fraction of sp³-hybridized carbons (Fsp3) is 0.267. The highest BCUT2D eigenvalue weighted by Crippen LogP contribution is 2.24. The first-order chi connectivity index (χ1) is 9.54. The summed E-state index contributed by atoms with van der Waals surface area (Å²) in [5.74, 6) is 2.31. The molecule has 104 valence electrons. The van der Waals surface area contributed by atoms with E-state index in [0.717, 1.165) is 22.6 Å². The molecule has 0 spiro atoms. The van der Waals surface area contributed by atoms with Crippen molar-refractivity contribution in [1.82, 2.24) is 9.55 Å². The zero-order valence-electron chi connectivity index (χ0n) is 11.5. The van der Waals surface area contributed by atoms with Crippen molar-refractivity contribution in [2.24, 2.45) is 0 Å². The number of furan rings is 1. The van der Waals surface area contributed by atoms with Gasteiger partial charge in [-0.05, 0) is 44.2 Å². The molecule has 0 aliphatic carbocycles. The summed E-state index contributed by atoms with van der Waals surface area (Å²) in [5, 5.41) is 9.91. The van der Waals surface area contributed by atoms with Crippen LogP contribution in [-0.4, -0.2) is 14.7 Å². The first-order valence-electron chi connectivity index (χ1n) is 6.53. The Hall–Kier alpha value is -2.27. The number of rotatable bonds is 3. The van der Waals surface area contributed by atoms with Gasteiger partial charge in [-0.2, -0.15) is 0 Å². The Morgan fingerprint density at radius 2 is 2.15 bits per heavy atom. The number of aliphatic hydroxyl groups excluding tert-OH is 1. The molecule has 0 aliphatic heterocycles. The summed E-state index contributed by atoms with van der Waals surface area (Å²) in [4.78, 5) is 4.47. The summed E-state index contributed by atoms with van der Waals surface area (Å²) in [5.41, 5.74) is 8.16. The Balaban J connectivity index is 2.13. The van der Waals surface area contributed by atoms with Gasteiger partial charge < -0.3 is 19.8 Å². The number of aliphatic hydroxyl groups is 1. The molecule has 0 amide bonds. The van der Waals surface area contributed by atoms with Crippen molar-refractivity contribution in [3.05, 3.63) is 47.7 Å². The molecular formula is C15H17N3O2. The fourth-order valence-corrected chi connectivity index (χ4v) is 2.38. The molecule has 0 saturated heterocycles. The topological polar surface area (TPSA) is 77.2 Å². The number of nitrogen functional groups attached to an aromatic ring is 1. The lowest BCUT2D eigenvalue weighted by Crippen LogP contribution is -2.07. The van der Waals surface area contributed by atoms with Gasteiger partial charge in [0.2, 0.25) is 0 Å². The van der Waals surface area contributed by atoms with E-state index in [-0.39, 0.29) is 0 Å². The lowest BCUT2D eigenvalue weighted by molar-refractivity contribution is 0.184. The lowest BCUT2D eigenvalue weighted by atomic mass is 10.3. The van der Waals surface area contributed by atoms with Crippen LogP contribution >= 0.6 is 0 Å². The zero-order chi connectivity index (χ0) is 14.3. The number of imidazole rings is 1. The molecule has 3 aromatic rings. The summed E-state index contributed by atoms with van der Waals surface area (Å²) in [6.07, 6.45) is -0.653. The highest BCUT2D eigenvalue weighted by molar-refractivity contribution is 5.79. The van der Waals surface area contributed by atoms with Crippen molar-refractivity contribution < 1.29 is 9.52 Å². The molecule has 0 saturated carbocycles. The van der Waals surface area contributed by atoms with E-state index in [0.29, 0.717) is 18.1 Å². The first-order valence-corrected chi connectivity index (χ1v) is 6.53. The van der Waals surface area contributed by atoms with Gasteiger partial charge in [-0.25, -0.2) is 4.98 Å². The van der Waals surface area contributed by atoms with Crippen LogP contribution in [0.1, 0.15) is 30.4 Å². The number of fused-ring (bicyclic) bond motifs is 1. The average molecular weight is 271 g/mol. The minimum Gasteiger partial charge on any atom is -0.464 e. The maximum atomic E-state index is 9.91. The summed E-state index contributed by atoms with van der Waals surface area (Å²) >= 11 is 0. The number of hydrogen-bond donors (Lipinski definition) is 2. The van der Waals surface area contributed by atoms with Gasteiger partial charge in [-0.15, -0.1) is 0 Å². The van der Waals surface area contributed by atoms with Gasteiger partial charge in [0.1, 0.15) is 23.4 Å². The number of aromatic nitrogens is 2. The van der Waals surface area contributed by atoms with E-state index < -0.39 is 6.10 Å². The summed E-state index contributed by atoms with van der Waals surface area (Å²) in [7, 11) is 0. The van der Waals surface area contributed by atoms with Gasteiger partial charge in [0.15, 0.2) is 0 Å². The van der Waals surface area contributed by atoms with Crippen LogP contribution in [0.15, 0.2) is 34.7 Å². The zero-order valence-corrected chi connectivity index (χ0v) is 11.5. The summed E-state index contributed by atoms with van der Waals surface area (Å²) in [6, 6.07) is 9.42.